The lowest BCUT2D eigenvalue weighted by Crippen LogP contribution is -2.47. The lowest BCUT2D eigenvalue weighted by Gasteiger charge is -2.30. The zero-order valence-electron chi connectivity index (χ0n) is 25.7. The first kappa shape index (κ1) is 31.6. The van der Waals surface area contributed by atoms with Gasteiger partial charge in [0, 0.05) is 51.9 Å². The summed E-state index contributed by atoms with van der Waals surface area (Å²) in [6.45, 7) is 5.83. The predicted octanol–water partition coefficient (Wildman–Crippen LogP) is 6.59. The highest BCUT2D eigenvalue weighted by molar-refractivity contribution is 5.96. The van der Waals surface area contributed by atoms with Crippen LogP contribution in [0.3, 0.4) is 0 Å². The number of hydrogen-bond donors (Lipinski definition) is 0. The minimum atomic E-state index is -4.38. The standard InChI is InChI=1S/C35H41F3N4O2/c1-25-22-28(27-11-14-29(15-12-27)35(36,37)38)13-16-32(25)33(43)39(2)31-18-21-42(24-31)34(44)40(3)30-17-20-41(23-30)19-7-10-26-8-5-4-6-9-26/h4-6,8-9,11-16,22,30-31H,7,10,17-21,23-24H2,1-3H3/t30-,31-/m0/s1. The monoisotopic (exact) mass is 606 g/mol. The summed E-state index contributed by atoms with van der Waals surface area (Å²) in [7, 11) is 3.67. The number of likely N-dealkylation sites (N-methyl/N-ethyl adjacent to an activating group) is 2. The summed E-state index contributed by atoms with van der Waals surface area (Å²) >= 11 is 0. The quantitative estimate of drug-likeness (QED) is 0.291. The molecule has 234 valence electrons. The van der Waals surface area contributed by atoms with Crippen LogP contribution in [0.1, 0.15) is 46.3 Å². The zero-order valence-corrected chi connectivity index (χ0v) is 25.7. The number of hydrogen-bond acceptors (Lipinski definition) is 3. The Hall–Kier alpha value is -3.85. The van der Waals surface area contributed by atoms with Gasteiger partial charge in [-0.1, -0.05) is 54.6 Å². The molecule has 3 aromatic rings. The van der Waals surface area contributed by atoms with Gasteiger partial charge in [0.15, 0.2) is 0 Å². The van der Waals surface area contributed by atoms with Crippen molar-refractivity contribution < 1.29 is 22.8 Å². The van der Waals surface area contributed by atoms with Crippen LogP contribution in [-0.4, -0.2) is 90.4 Å². The number of rotatable bonds is 8. The van der Waals surface area contributed by atoms with Crippen LogP contribution in [0, 0.1) is 6.92 Å². The van der Waals surface area contributed by atoms with E-state index in [1.54, 1.807) is 24.1 Å². The van der Waals surface area contributed by atoms with E-state index in [2.05, 4.69) is 29.2 Å². The number of benzene rings is 3. The molecule has 2 fully saturated rings. The molecule has 0 bridgehead atoms. The molecule has 2 atom stereocenters. The third-order valence-corrected chi connectivity index (χ3v) is 9.18. The van der Waals surface area contributed by atoms with Gasteiger partial charge in [0.2, 0.25) is 0 Å². The Bertz CT molecular complexity index is 1440. The molecule has 0 spiro atoms. The van der Waals surface area contributed by atoms with Gasteiger partial charge in [0.25, 0.3) is 5.91 Å². The highest BCUT2D eigenvalue weighted by atomic mass is 19.4. The van der Waals surface area contributed by atoms with Gasteiger partial charge < -0.3 is 19.6 Å². The molecule has 0 unspecified atom stereocenters. The van der Waals surface area contributed by atoms with Crippen molar-refractivity contribution in [2.75, 3.05) is 46.8 Å². The van der Waals surface area contributed by atoms with Crippen molar-refractivity contribution in [1.82, 2.24) is 19.6 Å². The first-order valence-electron chi connectivity index (χ1n) is 15.3. The van der Waals surface area contributed by atoms with E-state index >= 15 is 0 Å². The van der Waals surface area contributed by atoms with Crippen molar-refractivity contribution >= 4 is 11.9 Å². The fourth-order valence-electron chi connectivity index (χ4n) is 6.38. The van der Waals surface area contributed by atoms with Crippen molar-refractivity contribution in [1.29, 1.82) is 0 Å². The van der Waals surface area contributed by atoms with Gasteiger partial charge in [-0.2, -0.15) is 13.2 Å². The number of amides is 3. The van der Waals surface area contributed by atoms with Gasteiger partial charge in [0.05, 0.1) is 11.6 Å². The molecule has 5 rings (SSSR count). The van der Waals surface area contributed by atoms with E-state index in [1.807, 2.05) is 35.9 Å². The van der Waals surface area contributed by atoms with Crippen molar-refractivity contribution in [3.8, 4) is 11.1 Å². The van der Waals surface area contributed by atoms with E-state index in [4.69, 9.17) is 0 Å². The average Bonchev–Trinajstić information content (AvgIpc) is 3.70. The predicted molar refractivity (Wildman–Crippen MR) is 166 cm³/mol. The Morgan fingerprint density at radius 2 is 1.50 bits per heavy atom. The van der Waals surface area contributed by atoms with E-state index in [0.717, 1.165) is 62.2 Å². The summed E-state index contributed by atoms with van der Waals surface area (Å²) in [5.41, 5.74) is 3.36. The molecule has 2 aliphatic rings. The lowest BCUT2D eigenvalue weighted by molar-refractivity contribution is -0.137. The molecular formula is C35H41F3N4O2. The van der Waals surface area contributed by atoms with E-state index in [-0.39, 0.29) is 24.0 Å². The third-order valence-electron chi connectivity index (χ3n) is 9.18. The third kappa shape index (κ3) is 7.26. The summed E-state index contributed by atoms with van der Waals surface area (Å²) in [6.07, 6.45) is -0.557. The van der Waals surface area contributed by atoms with Crippen LogP contribution < -0.4 is 0 Å². The second-order valence-electron chi connectivity index (χ2n) is 12.1. The molecule has 0 aliphatic carbocycles. The van der Waals surface area contributed by atoms with Gasteiger partial charge in [-0.25, -0.2) is 4.79 Å². The Morgan fingerprint density at radius 1 is 0.841 bits per heavy atom. The second-order valence-corrected chi connectivity index (χ2v) is 12.1. The van der Waals surface area contributed by atoms with Crippen LogP contribution in [0.15, 0.2) is 72.8 Å². The smallest absolute Gasteiger partial charge is 0.337 e. The molecule has 0 radical (unpaired) electrons. The molecule has 0 N–H and O–H groups in total. The number of halogens is 3. The average molecular weight is 607 g/mol. The SMILES string of the molecule is Cc1cc(-c2ccc(C(F)(F)F)cc2)ccc1C(=O)N(C)[C@H]1CCN(C(=O)N(C)[C@H]2CCN(CCCc3ccccc3)C2)C1. The van der Waals surface area contributed by atoms with Crippen LogP contribution >= 0.6 is 0 Å². The van der Waals surface area contributed by atoms with Crippen LogP contribution in [0.2, 0.25) is 0 Å². The summed E-state index contributed by atoms with van der Waals surface area (Å²) < 4.78 is 38.8. The lowest BCUT2D eigenvalue weighted by atomic mass is 9.98. The number of urea groups is 1. The van der Waals surface area contributed by atoms with E-state index < -0.39 is 11.7 Å². The number of likely N-dealkylation sites (tertiary alicyclic amines) is 2. The van der Waals surface area contributed by atoms with E-state index in [0.29, 0.717) is 30.6 Å². The maximum Gasteiger partial charge on any atom is 0.416 e. The maximum atomic E-state index is 13.5. The number of nitrogens with zero attached hydrogens (tertiary/aromatic N) is 4. The van der Waals surface area contributed by atoms with Gasteiger partial charge in [0.1, 0.15) is 0 Å². The molecule has 3 amide bonds. The first-order valence-corrected chi connectivity index (χ1v) is 15.3. The van der Waals surface area contributed by atoms with Gasteiger partial charge in [-0.3, -0.25) is 4.79 Å². The fourth-order valence-corrected chi connectivity index (χ4v) is 6.38. The molecule has 9 heteroatoms. The van der Waals surface area contributed by atoms with Crippen molar-refractivity contribution in [3.05, 3.63) is 95.1 Å². The summed E-state index contributed by atoms with van der Waals surface area (Å²) in [4.78, 5) is 34.8. The van der Waals surface area contributed by atoms with Crippen molar-refractivity contribution in [3.63, 3.8) is 0 Å². The normalized spacial score (nSPS) is 18.9. The minimum absolute atomic E-state index is 0.0153. The van der Waals surface area contributed by atoms with Crippen molar-refractivity contribution in [2.24, 2.45) is 0 Å². The molecule has 44 heavy (non-hydrogen) atoms. The van der Waals surface area contributed by atoms with Gasteiger partial charge in [-0.05, 0) is 79.6 Å². The van der Waals surface area contributed by atoms with Crippen LogP contribution in [-0.2, 0) is 12.6 Å². The Balaban J connectivity index is 1.12. The molecule has 0 aromatic heterocycles. The largest absolute Gasteiger partial charge is 0.416 e. The summed E-state index contributed by atoms with van der Waals surface area (Å²) in [6, 6.07) is 21.0. The van der Waals surface area contributed by atoms with Crippen molar-refractivity contribution in [2.45, 2.75) is 50.9 Å². The molecule has 2 heterocycles. The topological polar surface area (TPSA) is 47.1 Å². The molecule has 2 aliphatic heterocycles. The Labute approximate surface area is 258 Å². The molecular weight excluding hydrogens is 565 g/mol. The molecule has 0 saturated carbocycles. The van der Waals surface area contributed by atoms with Crippen LogP contribution in [0.4, 0.5) is 18.0 Å². The number of carbonyl (C=O) groups excluding carboxylic acids is 2. The fraction of sp³-hybridized carbons (Fsp3) is 0.429. The highest BCUT2D eigenvalue weighted by Gasteiger charge is 2.36. The van der Waals surface area contributed by atoms with Crippen LogP contribution in [0.25, 0.3) is 11.1 Å². The van der Waals surface area contributed by atoms with Gasteiger partial charge in [-0.15, -0.1) is 0 Å². The molecule has 2 saturated heterocycles. The molecule has 3 aromatic carbocycles. The first-order chi connectivity index (χ1) is 21.0. The Morgan fingerprint density at radius 3 is 2.18 bits per heavy atom. The number of alkyl halides is 3. The van der Waals surface area contributed by atoms with Gasteiger partial charge >= 0.3 is 12.2 Å². The Kier molecular flexibility index (Phi) is 9.63. The number of aryl methyl sites for hydroxylation is 2. The number of carbonyl (C=O) groups is 2. The second kappa shape index (κ2) is 13.4. The maximum absolute atomic E-state index is 13.5. The highest BCUT2D eigenvalue weighted by Crippen LogP contribution is 2.32. The van der Waals surface area contributed by atoms with Crippen LogP contribution in [0.5, 0.6) is 0 Å². The molecule has 6 nitrogen and oxygen atoms in total. The van der Waals surface area contributed by atoms with E-state index in [1.165, 1.54) is 17.7 Å². The minimum Gasteiger partial charge on any atom is -0.337 e. The summed E-state index contributed by atoms with van der Waals surface area (Å²) in [5.74, 6) is -0.129. The summed E-state index contributed by atoms with van der Waals surface area (Å²) in [5, 5.41) is 0. The van der Waals surface area contributed by atoms with E-state index in [9.17, 15) is 22.8 Å². The zero-order chi connectivity index (χ0) is 31.4.